The van der Waals surface area contributed by atoms with E-state index in [1.807, 2.05) is 12.1 Å². The van der Waals surface area contributed by atoms with Gasteiger partial charge in [-0.05, 0) is 51.2 Å². The minimum absolute atomic E-state index is 0.319. The molecular weight excluding hydrogens is 280 g/mol. The van der Waals surface area contributed by atoms with E-state index in [2.05, 4.69) is 25.3 Å². The average Bonchev–Trinajstić information content (AvgIpc) is 2.58. The number of aromatic nitrogens is 2. The topological polar surface area (TPSA) is 25.8 Å². The summed E-state index contributed by atoms with van der Waals surface area (Å²) in [5, 5.41) is 1.19. The van der Waals surface area contributed by atoms with E-state index in [0.717, 1.165) is 13.7 Å². The smallest absolute Gasteiger partial charge is 0.204 e. The van der Waals surface area contributed by atoms with Gasteiger partial charge in [-0.1, -0.05) is 0 Å². The van der Waals surface area contributed by atoms with Crippen molar-refractivity contribution in [1.29, 1.82) is 0 Å². The highest BCUT2D eigenvalue weighted by Crippen LogP contribution is 2.32. The maximum absolute atomic E-state index is 5.60. The van der Waals surface area contributed by atoms with E-state index in [4.69, 9.17) is 11.6 Å². The summed E-state index contributed by atoms with van der Waals surface area (Å²) < 4.78 is 4.98. The number of rotatable bonds is 1. The third-order valence-corrected chi connectivity index (χ3v) is 3.96. The molecule has 12 heavy (non-hydrogen) atoms. The van der Waals surface area contributed by atoms with Gasteiger partial charge in [-0.15, -0.1) is 11.3 Å². The fourth-order valence-corrected chi connectivity index (χ4v) is 2.97. The van der Waals surface area contributed by atoms with Crippen LogP contribution in [-0.4, -0.2) is 9.36 Å². The van der Waals surface area contributed by atoms with Crippen molar-refractivity contribution < 1.29 is 0 Å². The molecule has 6 heteroatoms. The van der Waals surface area contributed by atoms with Crippen LogP contribution < -0.4 is 0 Å². The van der Waals surface area contributed by atoms with Gasteiger partial charge in [-0.3, -0.25) is 0 Å². The van der Waals surface area contributed by atoms with Crippen molar-refractivity contribution in [1.82, 2.24) is 9.36 Å². The van der Waals surface area contributed by atoms with E-state index in [0.29, 0.717) is 5.28 Å². The van der Waals surface area contributed by atoms with E-state index in [9.17, 15) is 0 Å². The zero-order valence-electron chi connectivity index (χ0n) is 5.62. The van der Waals surface area contributed by atoms with Gasteiger partial charge in [-0.2, -0.15) is 4.37 Å². The van der Waals surface area contributed by atoms with Crippen molar-refractivity contribution in [3.63, 3.8) is 0 Å². The number of halogens is 2. The second kappa shape index (κ2) is 3.41. The van der Waals surface area contributed by atoms with Crippen molar-refractivity contribution >= 4 is 50.4 Å². The van der Waals surface area contributed by atoms with Crippen LogP contribution in [0.2, 0.25) is 5.28 Å². The van der Waals surface area contributed by atoms with Crippen LogP contribution in [0.25, 0.3) is 9.88 Å². The first-order chi connectivity index (χ1) is 5.75. The maximum atomic E-state index is 5.60. The molecule has 0 aliphatic carbocycles. The Bertz CT molecular complexity index is 359. The van der Waals surface area contributed by atoms with Gasteiger partial charge >= 0.3 is 0 Å². The van der Waals surface area contributed by atoms with E-state index >= 15 is 0 Å². The summed E-state index contributed by atoms with van der Waals surface area (Å²) in [5.74, 6) is 0. The van der Waals surface area contributed by atoms with Crippen molar-refractivity contribution in [3.05, 3.63) is 21.2 Å². The van der Waals surface area contributed by atoms with Gasteiger partial charge < -0.3 is 0 Å². The Hall–Kier alpha value is 0.0300. The second-order valence-corrected chi connectivity index (χ2v) is 5.53. The van der Waals surface area contributed by atoms with Gasteiger partial charge in [0.2, 0.25) is 5.28 Å². The van der Waals surface area contributed by atoms with Crippen LogP contribution in [0.15, 0.2) is 15.9 Å². The van der Waals surface area contributed by atoms with Crippen molar-refractivity contribution in [2.75, 3.05) is 0 Å². The van der Waals surface area contributed by atoms with Gasteiger partial charge in [0.05, 0.1) is 8.66 Å². The summed E-state index contributed by atoms with van der Waals surface area (Å²) in [5.41, 5.74) is 0. The molecule has 2 nitrogen and oxygen atoms in total. The molecule has 0 atom stereocenters. The first kappa shape index (κ1) is 8.62. The molecule has 0 amide bonds. The first-order valence-corrected chi connectivity index (χ1v) is 5.77. The third kappa shape index (κ3) is 1.69. The summed E-state index contributed by atoms with van der Waals surface area (Å²) in [7, 11) is 0. The molecular formula is C6H2BrClN2S2. The molecule has 2 aromatic rings. The molecule has 62 valence electrons. The van der Waals surface area contributed by atoms with Crippen molar-refractivity contribution in [2.45, 2.75) is 0 Å². The van der Waals surface area contributed by atoms with Crippen LogP contribution in [0.5, 0.6) is 0 Å². The molecule has 0 aliphatic rings. The zero-order chi connectivity index (χ0) is 8.55. The Morgan fingerprint density at radius 3 is 2.75 bits per heavy atom. The standard InChI is InChI=1S/C6H2BrClN2S2/c7-4-2-1-3(11-4)5-9-6(8)10-12-5/h1-2H. The molecule has 2 heterocycles. The van der Waals surface area contributed by atoms with Crippen molar-refractivity contribution in [2.24, 2.45) is 0 Å². The molecule has 0 bridgehead atoms. The zero-order valence-corrected chi connectivity index (χ0v) is 9.60. The lowest BCUT2D eigenvalue weighted by molar-refractivity contribution is 1.34. The normalized spacial score (nSPS) is 10.5. The van der Waals surface area contributed by atoms with Crippen molar-refractivity contribution in [3.8, 4) is 9.88 Å². The molecule has 2 aromatic heterocycles. The monoisotopic (exact) mass is 280 g/mol. The highest BCUT2D eigenvalue weighted by molar-refractivity contribution is 9.11. The van der Waals surface area contributed by atoms with Gasteiger partial charge in [0.15, 0.2) is 5.01 Å². The maximum Gasteiger partial charge on any atom is 0.234 e. The molecule has 0 radical (unpaired) electrons. The molecule has 0 spiro atoms. The predicted molar refractivity (Wildman–Crippen MR) is 55.9 cm³/mol. The van der Waals surface area contributed by atoms with E-state index < -0.39 is 0 Å². The second-order valence-electron chi connectivity index (χ2n) is 1.97. The number of thiophene rings is 1. The van der Waals surface area contributed by atoms with Gasteiger partial charge in [0.25, 0.3) is 0 Å². The van der Waals surface area contributed by atoms with Crippen LogP contribution in [0, 0.1) is 0 Å². The first-order valence-electron chi connectivity index (χ1n) is 3.00. The van der Waals surface area contributed by atoms with E-state index in [1.54, 1.807) is 11.3 Å². The van der Waals surface area contributed by atoms with Crippen LogP contribution >= 0.6 is 50.4 Å². The number of hydrogen-bond acceptors (Lipinski definition) is 4. The lowest BCUT2D eigenvalue weighted by Gasteiger charge is -1.82. The summed E-state index contributed by atoms with van der Waals surface area (Å²) in [6.45, 7) is 0. The summed E-state index contributed by atoms with van der Waals surface area (Å²) in [6, 6.07) is 3.97. The Labute approximate surface area is 90.5 Å². The van der Waals surface area contributed by atoms with Gasteiger partial charge in [-0.25, -0.2) is 4.98 Å². The van der Waals surface area contributed by atoms with Crippen LogP contribution in [0.4, 0.5) is 0 Å². The van der Waals surface area contributed by atoms with E-state index in [-0.39, 0.29) is 0 Å². The van der Waals surface area contributed by atoms with Crippen LogP contribution in [0.1, 0.15) is 0 Å². The highest BCUT2D eigenvalue weighted by atomic mass is 79.9. The average molecular weight is 282 g/mol. The largest absolute Gasteiger partial charge is 0.234 e. The predicted octanol–water partition coefficient (Wildman–Crippen LogP) is 3.68. The quantitative estimate of drug-likeness (QED) is 0.797. The minimum Gasteiger partial charge on any atom is -0.204 e. The molecule has 0 aliphatic heterocycles. The molecule has 0 unspecified atom stereocenters. The minimum atomic E-state index is 0.319. The number of hydrogen-bond donors (Lipinski definition) is 0. The van der Waals surface area contributed by atoms with Crippen LogP contribution in [-0.2, 0) is 0 Å². The SMILES string of the molecule is Clc1nsc(-c2ccc(Br)s2)n1. The van der Waals surface area contributed by atoms with Crippen LogP contribution in [0.3, 0.4) is 0 Å². The molecule has 0 aromatic carbocycles. The third-order valence-electron chi connectivity index (χ3n) is 1.19. The molecule has 2 rings (SSSR count). The lowest BCUT2D eigenvalue weighted by atomic mass is 10.5. The van der Waals surface area contributed by atoms with Gasteiger partial charge in [0, 0.05) is 0 Å². The number of nitrogens with zero attached hydrogens (tertiary/aromatic N) is 2. The fourth-order valence-electron chi connectivity index (χ4n) is 0.735. The Morgan fingerprint density at radius 1 is 1.42 bits per heavy atom. The Morgan fingerprint density at radius 2 is 2.25 bits per heavy atom. The van der Waals surface area contributed by atoms with E-state index in [1.165, 1.54) is 11.5 Å². The summed E-state index contributed by atoms with van der Waals surface area (Å²) >= 11 is 11.9. The molecule has 0 saturated heterocycles. The fraction of sp³-hybridized carbons (Fsp3) is 0. The summed E-state index contributed by atoms with van der Waals surface area (Å²) in [6.07, 6.45) is 0. The molecule has 0 N–H and O–H groups in total. The molecule has 0 fully saturated rings. The van der Waals surface area contributed by atoms with Gasteiger partial charge in [0.1, 0.15) is 0 Å². The Kier molecular flexibility index (Phi) is 2.45. The lowest BCUT2D eigenvalue weighted by Crippen LogP contribution is -1.66. The molecule has 0 saturated carbocycles. The highest BCUT2D eigenvalue weighted by Gasteiger charge is 2.06. The summed E-state index contributed by atoms with van der Waals surface area (Å²) in [4.78, 5) is 5.15. The Balaban J connectivity index is 2.43.